The number of nitrogens with zero attached hydrogens (tertiary/aromatic N) is 1. The van der Waals surface area contributed by atoms with E-state index in [1.54, 1.807) is 6.07 Å². The van der Waals surface area contributed by atoms with Gasteiger partial charge in [-0.25, -0.2) is 0 Å². The van der Waals surface area contributed by atoms with Gasteiger partial charge in [0.15, 0.2) is 0 Å². The van der Waals surface area contributed by atoms with Crippen molar-refractivity contribution in [3.63, 3.8) is 0 Å². The van der Waals surface area contributed by atoms with Gasteiger partial charge in [0.1, 0.15) is 11.3 Å². The molecule has 1 saturated heterocycles. The molecule has 0 radical (unpaired) electrons. The van der Waals surface area contributed by atoms with E-state index >= 15 is 0 Å². The smallest absolute Gasteiger partial charge is 0.261 e. The Kier molecular flexibility index (Phi) is 6.39. The molecule has 3 N–H and O–H groups in total. The van der Waals surface area contributed by atoms with Crippen LogP contribution in [-0.2, 0) is 24.8 Å². The lowest BCUT2D eigenvalue weighted by atomic mass is 9.55. The number of aryl methyl sites for hydroxylation is 1. The average molecular weight is 512 g/mol. The zero-order valence-electron chi connectivity index (χ0n) is 22.3. The number of piperidine rings is 1. The van der Waals surface area contributed by atoms with Gasteiger partial charge >= 0.3 is 0 Å². The molecular weight excluding hydrogens is 474 g/mol. The number of phenols is 1. The highest BCUT2D eigenvalue weighted by molar-refractivity contribution is 5.94. The summed E-state index contributed by atoms with van der Waals surface area (Å²) >= 11 is 0. The van der Waals surface area contributed by atoms with Crippen LogP contribution in [0, 0.1) is 18.8 Å². The van der Waals surface area contributed by atoms with E-state index < -0.39 is 0 Å². The van der Waals surface area contributed by atoms with Crippen molar-refractivity contribution in [3.8, 4) is 5.75 Å². The van der Waals surface area contributed by atoms with Gasteiger partial charge < -0.3 is 20.3 Å². The number of aromatic hydroxyl groups is 1. The number of amides is 1. The first-order valence-corrected chi connectivity index (χ1v) is 14.0. The highest BCUT2D eigenvalue weighted by Gasteiger charge is 2.51. The Balaban J connectivity index is 1.35. The van der Waals surface area contributed by atoms with Crippen molar-refractivity contribution in [1.82, 2.24) is 15.2 Å². The Labute approximate surface area is 224 Å². The maximum Gasteiger partial charge on any atom is 0.261 e. The van der Waals surface area contributed by atoms with E-state index in [4.69, 9.17) is 0 Å². The van der Waals surface area contributed by atoms with Crippen molar-refractivity contribution >= 4 is 5.91 Å². The normalized spacial score (nSPS) is 24.9. The SMILES string of the molecule is Cc1ccc(O)cc1[C@]12CCN(CC3CC3)C(C)C1Cc1cc(C(=O)NCc3ccccc3)c(=O)[nH]c1C2. The maximum absolute atomic E-state index is 13.1. The number of benzene rings is 2. The number of likely N-dealkylation sites (tertiary alicyclic amines) is 1. The summed E-state index contributed by atoms with van der Waals surface area (Å²) in [6, 6.07) is 17.6. The molecule has 1 aliphatic heterocycles. The molecule has 6 heteroatoms. The van der Waals surface area contributed by atoms with Crippen molar-refractivity contribution < 1.29 is 9.90 Å². The molecule has 1 aromatic heterocycles. The monoisotopic (exact) mass is 511 g/mol. The topological polar surface area (TPSA) is 85.4 Å². The first-order chi connectivity index (χ1) is 18.3. The highest BCUT2D eigenvalue weighted by Crippen LogP contribution is 2.51. The molecule has 2 aromatic carbocycles. The van der Waals surface area contributed by atoms with Crippen LogP contribution in [-0.4, -0.2) is 40.0 Å². The lowest BCUT2D eigenvalue weighted by Gasteiger charge is -2.55. The number of phenolic OH excluding ortho intramolecular Hbond substituents is 1. The van der Waals surface area contributed by atoms with E-state index in [1.807, 2.05) is 48.5 Å². The van der Waals surface area contributed by atoms with Crippen LogP contribution in [0.4, 0.5) is 0 Å². The second kappa shape index (κ2) is 9.73. The maximum atomic E-state index is 13.1. The summed E-state index contributed by atoms with van der Waals surface area (Å²) < 4.78 is 0. The molecule has 0 bridgehead atoms. The van der Waals surface area contributed by atoms with Crippen molar-refractivity contribution in [2.24, 2.45) is 11.8 Å². The molecular formula is C32H37N3O3. The molecule has 2 fully saturated rings. The van der Waals surface area contributed by atoms with Crippen molar-refractivity contribution in [2.75, 3.05) is 13.1 Å². The number of hydrogen-bond donors (Lipinski definition) is 3. The van der Waals surface area contributed by atoms with Crippen LogP contribution in [0.1, 0.15) is 64.5 Å². The summed E-state index contributed by atoms with van der Waals surface area (Å²) in [5.41, 5.74) is 5.02. The Morgan fingerprint density at radius 3 is 2.71 bits per heavy atom. The fourth-order valence-corrected chi connectivity index (χ4v) is 7.05. The molecule has 2 aliphatic carbocycles. The van der Waals surface area contributed by atoms with Crippen LogP contribution in [0.15, 0.2) is 59.4 Å². The van der Waals surface area contributed by atoms with Gasteiger partial charge in [-0.2, -0.15) is 0 Å². The number of H-pyrrole nitrogens is 1. The number of fused-ring (bicyclic) bond motifs is 2. The minimum atomic E-state index is -0.342. The highest BCUT2D eigenvalue weighted by atomic mass is 16.3. The van der Waals surface area contributed by atoms with E-state index in [0.29, 0.717) is 24.9 Å². The van der Waals surface area contributed by atoms with Gasteiger partial charge in [-0.15, -0.1) is 0 Å². The molecule has 198 valence electrons. The number of aromatic amines is 1. The fourth-order valence-electron chi connectivity index (χ4n) is 7.05. The minimum Gasteiger partial charge on any atom is -0.508 e. The lowest BCUT2D eigenvalue weighted by molar-refractivity contribution is 0.0246. The molecule has 3 aliphatic rings. The number of pyridine rings is 1. The van der Waals surface area contributed by atoms with Crippen LogP contribution >= 0.6 is 0 Å². The van der Waals surface area contributed by atoms with E-state index in [1.165, 1.54) is 24.0 Å². The summed E-state index contributed by atoms with van der Waals surface area (Å²) in [5, 5.41) is 13.4. The molecule has 6 nitrogen and oxygen atoms in total. The third-order valence-corrected chi connectivity index (χ3v) is 9.35. The van der Waals surface area contributed by atoms with Crippen LogP contribution < -0.4 is 10.9 Å². The Morgan fingerprint density at radius 2 is 1.95 bits per heavy atom. The van der Waals surface area contributed by atoms with E-state index in [0.717, 1.165) is 48.7 Å². The predicted molar refractivity (Wildman–Crippen MR) is 148 cm³/mol. The number of nitrogens with one attached hydrogen (secondary N) is 2. The zero-order chi connectivity index (χ0) is 26.4. The number of carbonyl (C=O) groups excluding carboxylic acids is 1. The molecule has 1 saturated carbocycles. The summed E-state index contributed by atoms with van der Waals surface area (Å²) in [7, 11) is 0. The van der Waals surface area contributed by atoms with Crippen molar-refractivity contribution in [1.29, 1.82) is 0 Å². The van der Waals surface area contributed by atoms with E-state index in [2.05, 4.69) is 29.0 Å². The molecule has 3 atom stereocenters. The number of aromatic nitrogens is 1. The number of rotatable bonds is 6. The van der Waals surface area contributed by atoms with Crippen LogP contribution in [0.2, 0.25) is 0 Å². The van der Waals surface area contributed by atoms with E-state index in [9.17, 15) is 14.7 Å². The zero-order valence-corrected chi connectivity index (χ0v) is 22.3. The quantitative estimate of drug-likeness (QED) is 0.456. The molecule has 1 amide bonds. The third kappa shape index (κ3) is 4.55. The number of hydrogen-bond acceptors (Lipinski definition) is 4. The third-order valence-electron chi connectivity index (χ3n) is 9.35. The van der Waals surface area contributed by atoms with E-state index in [-0.39, 0.29) is 28.2 Å². The lowest BCUT2D eigenvalue weighted by Crippen LogP contribution is -2.59. The Morgan fingerprint density at radius 1 is 1.16 bits per heavy atom. The Hall–Kier alpha value is -3.38. The Bertz CT molecular complexity index is 1410. The van der Waals surface area contributed by atoms with Gasteiger partial charge in [0.05, 0.1) is 0 Å². The molecule has 6 rings (SSSR count). The molecule has 2 heterocycles. The van der Waals surface area contributed by atoms with Gasteiger partial charge in [-0.05, 0) is 105 Å². The summed E-state index contributed by atoms with van der Waals surface area (Å²) in [6.07, 6.45) is 5.15. The predicted octanol–water partition coefficient (Wildman–Crippen LogP) is 4.48. The van der Waals surface area contributed by atoms with Crippen LogP contribution in [0.3, 0.4) is 0 Å². The van der Waals surface area contributed by atoms with Crippen molar-refractivity contribution in [2.45, 2.75) is 64.0 Å². The molecule has 3 aromatic rings. The number of carbonyl (C=O) groups is 1. The standard InChI is InChI=1S/C32H37N3O3/c1-20-8-11-25(36)16-27(20)32-12-13-35(19-23-9-10-23)21(2)28(32)15-24-14-26(31(38)34-29(24)17-32)30(37)33-18-22-6-4-3-5-7-22/h3-8,11,14,16,21,23,28,36H,9-10,12-13,15,17-19H2,1-2H3,(H,33,37)(H,34,38)/t21?,28?,32-/m1/s1. The summed E-state index contributed by atoms with van der Waals surface area (Å²) in [4.78, 5) is 32.0. The van der Waals surface area contributed by atoms with Gasteiger partial charge in [0.25, 0.3) is 11.5 Å². The van der Waals surface area contributed by atoms with Gasteiger partial charge in [0, 0.05) is 30.2 Å². The average Bonchev–Trinajstić information content (AvgIpc) is 3.74. The summed E-state index contributed by atoms with van der Waals surface area (Å²) in [5.74, 6) is 1.08. The summed E-state index contributed by atoms with van der Waals surface area (Å²) in [6.45, 7) is 7.02. The van der Waals surface area contributed by atoms with Crippen LogP contribution in [0.5, 0.6) is 5.75 Å². The van der Waals surface area contributed by atoms with Gasteiger partial charge in [-0.1, -0.05) is 36.4 Å². The molecule has 0 spiro atoms. The fraction of sp³-hybridized carbons (Fsp3) is 0.438. The van der Waals surface area contributed by atoms with Crippen LogP contribution in [0.25, 0.3) is 0 Å². The minimum absolute atomic E-state index is 0.171. The van der Waals surface area contributed by atoms with Crippen molar-refractivity contribution in [3.05, 3.63) is 98.5 Å². The van der Waals surface area contributed by atoms with Gasteiger partial charge in [-0.3, -0.25) is 9.59 Å². The van der Waals surface area contributed by atoms with Gasteiger partial charge in [0.2, 0.25) is 0 Å². The first-order valence-electron chi connectivity index (χ1n) is 14.0. The first kappa shape index (κ1) is 24.9. The second-order valence-corrected chi connectivity index (χ2v) is 11.8. The second-order valence-electron chi connectivity index (χ2n) is 11.8. The largest absolute Gasteiger partial charge is 0.508 e. The molecule has 38 heavy (non-hydrogen) atoms. The molecule has 2 unspecified atom stereocenters.